The molecule has 0 aliphatic heterocycles. The van der Waals surface area contributed by atoms with Crippen molar-refractivity contribution in [3.63, 3.8) is 0 Å². The van der Waals surface area contributed by atoms with Gasteiger partial charge in [0.15, 0.2) is 0 Å². The molecule has 0 bridgehead atoms. The Morgan fingerprint density at radius 1 is 1.50 bits per heavy atom. The number of hydrogen-bond donors (Lipinski definition) is 0. The van der Waals surface area contributed by atoms with Crippen molar-refractivity contribution in [2.45, 2.75) is 33.0 Å². The molecule has 10 heavy (non-hydrogen) atoms. The van der Waals surface area contributed by atoms with Crippen molar-refractivity contribution < 1.29 is 9.22 Å². The third-order valence-corrected chi connectivity index (χ3v) is 2.72. The summed E-state index contributed by atoms with van der Waals surface area (Å²) in [4.78, 5) is 2.97. The largest absolute Gasteiger partial charge is 0.404 e. The van der Waals surface area contributed by atoms with Gasteiger partial charge in [0.25, 0.3) is 5.84 Å². The van der Waals surface area contributed by atoms with E-state index in [1.54, 1.807) is 0 Å². The minimum atomic E-state index is -1.81. The summed E-state index contributed by atoms with van der Waals surface area (Å²) in [6.07, 6.45) is 0.208. The summed E-state index contributed by atoms with van der Waals surface area (Å²) >= 11 is 0. The predicted octanol–water partition coefficient (Wildman–Crippen LogP) is 1.46. The molecule has 0 aliphatic carbocycles. The highest BCUT2D eigenvalue weighted by Gasteiger charge is 2.26. The molecule has 0 heterocycles. The second-order valence-electron chi connectivity index (χ2n) is 3.01. The summed E-state index contributed by atoms with van der Waals surface area (Å²) in [5.74, 6) is 1.51. The first kappa shape index (κ1) is 9.56. The summed E-state index contributed by atoms with van der Waals surface area (Å²) < 4.78 is 5.51. The van der Waals surface area contributed by atoms with Gasteiger partial charge in [-0.2, -0.15) is 4.79 Å². The van der Waals surface area contributed by atoms with Crippen LogP contribution in [0, 0.1) is 0 Å². The van der Waals surface area contributed by atoms with Crippen molar-refractivity contribution in [2.24, 2.45) is 0 Å². The summed E-state index contributed by atoms with van der Waals surface area (Å²) in [6, 6.07) is 0. The maximum absolute atomic E-state index is 8.24. The van der Waals surface area contributed by atoms with Gasteiger partial charge in [-0.3, -0.25) is 0 Å². The van der Waals surface area contributed by atoms with Crippen LogP contribution in [0.2, 0.25) is 13.1 Å². The molecule has 58 valence electrons. The fourth-order valence-electron chi connectivity index (χ4n) is 0.777. The molecule has 0 radical (unpaired) electrons. The van der Waals surface area contributed by atoms with E-state index in [0.717, 1.165) is 0 Å². The summed E-state index contributed by atoms with van der Waals surface area (Å²) in [6.45, 7) is 7.90. The molecule has 0 aromatic rings. The number of rotatable bonds is 3. The molecule has 0 N–H and O–H groups in total. The molecule has 0 aliphatic rings. The van der Waals surface area contributed by atoms with Crippen molar-refractivity contribution in [3.05, 3.63) is 5.53 Å². The first-order valence-corrected chi connectivity index (χ1v) is 6.33. The molecular formula is C6H14N2OSi. The first-order chi connectivity index (χ1) is 4.48. The van der Waals surface area contributed by atoms with Gasteiger partial charge in [-0.05, 0) is 26.9 Å². The lowest BCUT2D eigenvalue weighted by Gasteiger charge is -2.15. The Kier molecular flexibility index (Phi) is 3.50. The average Bonchev–Trinajstić information content (AvgIpc) is 1.59. The van der Waals surface area contributed by atoms with Gasteiger partial charge >= 0.3 is 8.32 Å². The molecule has 0 saturated heterocycles. The third kappa shape index (κ3) is 4.44. The average molecular weight is 158 g/mol. The Balaban J connectivity index is 3.98. The Morgan fingerprint density at radius 2 is 2.00 bits per heavy atom. The van der Waals surface area contributed by atoms with E-state index < -0.39 is 8.32 Å². The van der Waals surface area contributed by atoms with Crippen LogP contribution in [0.25, 0.3) is 5.53 Å². The van der Waals surface area contributed by atoms with E-state index in [2.05, 4.69) is 4.79 Å². The zero-order valence-corrected chi connectivity index (χ0v) is 7.96. The fourth-order valence-corrected chi connectivity index (χ4v) is 2.33. The molecule has 4 heteroatoms. The molecule has 0 aromatic carbocycles. The molecular weight excluding hydrogens is 144 g/mol. The van der Waals surface area contributed by atoms with Gasteiger partial charge in [-0.1, -0.05) is 0 Å². The highest BCUT2D eigenvalue weighted by molar-refractivity contribution is 6.94. The molecule has 0 saturated carbocycles. The van der Waals surface area contributed by atoms with E-state index in [-0.39, 0.29) is 6.10 Å². The molecule has 0 rings (SSSR count). The van der Waals surface area contributed by atoms with E-state index in [0.29, 0.717) is 0 Å². The molecule has 3 nitrogen and oxygen atoms in total. The fraction of sp³-hybridized carbons (Fsp3) is 0.833. The summed E-state index contributed by atoms with van der Waals surface area (Å²) in [5, 5.41) is 0. The monoisotopic (exact) mass is 158 g/mol. The highest BCUT2D eigenvalue weighted by atomic mass is 28.4. The van der Waals surface area contributed by atoms with Crippen LogP contribution in [0.15, 0.2) is 0 Å². The Morgan fingerprint density at radius 3 is 2.30 bits per heavy atom. The quantitative estimate of drug-likeness (QED) is 0.265. The second-order valence-corrected chi connectivity index (χ2v) is 6.72. The van der Waals surface area contributed by atoms with E-state index in [4.69, 9.17) is 9.96 Å². The lowest BCUT2D eigenvalue weighted by Crippen LogP contribution is -2.36. The zero-order chi connectivity index (χ0) is 8.20. The van der Waals surface area contributed by atoms with Crippen molar-refractivity contribution in [2.75, 3.05) is 0 Å². The van der Waals surface area contributed by atoms with Gasteiger partial charge in [0.05, 0.1) is 0 Å². The lowest BCUT2D eigenvalue weighted by atomic mass is 10.5. The Hall–Kier alpha value is -0.443. The van der Waals surface area contributed by atoms with Crippen LogP contribution in [0.3, 0.4) is 0 Å². The lowest BCUT2D eigenvalue weighted by molar-refractivity contribution is 0.00478. The minimum absolute atomic E-state index is 0.208. The standard InChI is InChI=1S/C6H14N2OSi/c1-6(2)9-10(3,4)5-8-7/h5-6H,1-4H3. The normalized spacial score (nSPS) is 11.3. The summed E-state index contributed by atoms with van der Waals surface area (Å²) in [5.41, 5.74) is 8.24. The maximum Gasteiger partial charge on any atom is 0.307 e. The van der Waals surface area contributed by atoms with Gasteiger partial charge in [-0.25, -0.2) is 0 Å². The zero-order valence-electron chi connectivity index (χ0n) is 6.96. The SMILES string of the molecule is CC(C)O[Si](C)(C)C=[N+]=[N-]. The second kappa shape index (κ2) is 3.66. The highest BCUT2D eigenvalue weighted by Crippen LogP contribution is 2.03. The van der Waals surface area contributed by atoms with Crippen LogP contribution in [0.4, 0.5) is 0 Å². The number of nitrogens with zero attached hydrogens (tertiary/aromatic N) is 2. The third-order valence-electron chi connectivity index (χ3n) is 0.908. The molecule has 0 unspecified atom stereocenters. The van der Waals surface area contributed by atoms with E-state index in [9.17, 15) is 0 Å². The maximum atomic E-state index is 8.24. The van der Waals surface area contributed by atoms with Crippen LogP contribution in [-0.2, 0) is 4.43 Å². The molecule has 0 atom stereocenters. The Labute approximate surface area is 62.8 Å². The van der Waals surface area contributed by atoms with Gasteiger partial charge in [0.2, 0.25) is 0 Å². The summed E-state index contributed by atoms with van der Waals surface area (Å²) in [7, 11) is -1.81. The topological polar surface area (TPSA) is 45.6 Å². The van der Waals surface area contributed by atoms with Crippen LogP contribution >= 0.6 is 0 Å². The van der Waals surface area contributed by atoms with Crippen molar-refractivity contribution >= 4 is 14.2 Å². The number of hydrogen-bond acceptors (Lipinski definition) is 1. The van der Waals surface area contributed by atoms with Gasteiger partial charge in [0.1, 0.15) is 0 Å². The smallest absolute Gasteiger partial charge is 0.307 e. The first-order valence-electron chi connectivity index (χ1n) is 3.34. The molecule has 0 fully saturated rings. The minimum Gasteiger partial charge on any atom is -0.404 e. The molecule has 0 spiro atoms. The van der Waals surface area contributed by atoms with Crippen LogP contribution < -0.4 is 0 Å². The van der Waals surface area contributed by atoms with Gasteiger partial charge in [0, 0.05) is 6.10 Å². The van der Waals surface area contributed by atoms with Gasteiger partial charge in [-0.15, -0.1) is 0 Å². The van der Waals surface area contributed by atoms with E-state index >= 15 is 0 Å². The van der Waals surface area contributed by atoms with E-state index in [1.807, 2.05) is 26.9 Å². The van der Waals surface area contributed by atoms with Crippen LogP contribution in [0.1, 0.15) is 13.8 Å². The van der Waals surface area contributed by atoms with Crippen molar-refractivity contribution in [1.29, 1.82) is 0 Å². The molecule has 0 amide bonds. The van der Waals surface area contributed by atoms with Crippen LogP contribution in [0.5, 0.6) is 0 Å². The van der Waals surface area contributed by atoms with Crippen LogP contribution in [-0.4, -0.2) is 25.0 Å². The Bertz CT molecular complexity index is 150. The van der Waals surface area contributed by atoms with E-state index in [1.165, 1.54) is 5.84 Å². The van der Waals surface area contributed by atoms with Crippen molar-refractivity contribution in [1.82, 2.24) is 0 Å². The van der Waals surface area contributed by atoms with Gasteiger partial charge < -0.3 is 9.96 Å². The molecule has 0 aromatic heterocycles. The van der Waals surface area contributed by atoms with Crippen molar-refractivity contribution in [3.8, 4) is 0 Å². The predicted molar refractivity (Wildman–Crippen MR) is 43.4 cm³/mol.